The average molecular weight is 384 g/mol. The summed E-state index contributed by atoms with van der Waals surface area (Å²) in [6, 6.07) is 3.96. The van der Waals surface area contributed by atoms with Crippen molar-refractivity contribution in [1.29, 1.82) is 0 Å². The number of piperidine rings is 1. The predicted molar refractivity (Wildman–Crippen MR) is 112 cm³/mol. The SMILES string of the molecule is CCn1nc(C)c(CN2CCCC(C(=O)c3cc(C)c(OC)c(C)c3)C2)c1C. The van der Waals surface area contributed by atoms with Crippen LogP contribution in [-0.2, 0) is 13.1 Å². The van der Waals surface area contributed by atoms with Gasteiger partial charge >= 0.3 is 0 Å². The Kier molecular flexibility index (Phi) is 6.23. The normalized spacial score (nSPS) is 17.7. The second kappa shape index (κ2) is 8.48. The van der Waals surface area contributed by atoms with Crippen molar-refractivity contribution >= 4 is 5.78 Å². The number of hydrogen-bond donors (Lipinski definition) is 0. The highest BCUT2D eigenvalue weighted by atomic mass is 16.5. The first-order chi connectivity index (χ1) is 13.3. The summed E-state index contributed by atoms with van der Waals surface area (Å²) < 4.78 is 7.52. The number of benzene rings is 1. The minimum atomic E-state index is 0.0581. The van der Waals surface area contributed by atoms with Crippen LogP contribution < -0.4 is 4.74 Å². The van der Waals surface area contributed by atoms with Crippen LogP contribution >= 0.6 is 0 Å². The lowest BCUT2D eigenvalue weighted by atomic mass is 9.88. The van der Waals surface area contributed by atoms with Crippen LogP contribution in [0.5, 0.6) is 5.75 Å². The average Bonchev–Trinajstić information content (AvgIpc) is 2.95. The quantitative estimate of drug-likeness (QED) is 0.700. The summed E-state index contributed by atoms with van der Waals surface area (Å²) in [7, 11) is 1.68. The summed E-state index contributed by atoms with van der Waals surface area (Å²) in [6.07, 6.45) is 2.02. The van der Waals surface area contributed by atoms with Crippen molar-refractivity contribution in [3.8, 4) is 5.75 Å². The molecule has 3 rings (SSSR count). The lowest BCUT2D eigenvalue weighted by Gasteiger charge is -2.32. The van der Waals surface area contributed by atoms with Gasteiger partial charge in [-0.25, -0.2) is 0 Å². The zero-order chi connectivity index (χ0) is 20.4. The Bertz CT molecular complexity index is 846. The minimum Gasteiger partial charge on any atom is -0.496 e. The molecule has 0 radical (unpaired) electrons. The van der Waals surface area contributed by atoms with E-state index in [9.17, 15) is 4.79 Å². The standard InChI is InChI=1S/C23H33N3O2/c1-7-26-18(5)21(17(4)24-26)14-25-10-8-9-19(13-25)22(27)20-11-15(2)23(28-6)16(3)12-20/h11-12,19H,7-10,13-14H2,1-6H3. The second-order valence-corrected chi connectivity index (χ2v) is 8.05. The Morgan fingerprint density at radius 1 is 1.21 bits per heavy atom. The zero-order valence-corrected chi connectivity index (χ0v) is 18.1. The lowest BCUT2D eigenvalue weighted by molar-refractivity contribution is 0.0811. The van der Waals surface area contributed by atoms with E-state index >= 15 is 0 Å². The Morgan fingerprint density at radius 2 is 1.89 bits per heavy atom. The number of Topliss-reactive ketones (excluding diaryl/α,β-unsaturated/α-hetero) is 1. The molecule has 2 heterocycles. The molecule has 1 atom stereocenters. The molecule has 1 saturated heterocycles. The topological polar surface area (TPSA) is 47.4 Å². The first kappa shape index (κ1) is 20.6. The van der Waals surface area contributed by atoms with Crippen molar-refractivity contribution in [3.05, 3.63) is 45.8 Å². The van der Waals surface area contributed by atoms with E-state index in [1.54, 1.807) is 7.11 Å². The third-order valence-corrected chi connectivity index (χ3v) is 6.04. The van der Waals surface area contributed by atoms with Gasteiger partial charge in [0, 0.05) is 42.4 Å². The molecule has 1 aliphatic heterocycles. The van der Waals surface area contributed by atoms with E-state index in [0.29, 0.717) is 0 Å². The number of carbonyl (C=O) groups excluding carboxylic acids is 1. The molecule has 2 aromatic rings. The maximum Gasteiger partial charge on any atom is 0.167 e. The fourth-order valence-corrected chi connectivity index (χ4v) is 4.56. The number of aryl methyl sites for hydroxylation is 4. The Labute approximate surface area is 168 Å². The minimum absolute atomic E-state index is 0.0581. The molecule has 0 spiro atoms. The molecule has 5 heteroatoms. The van der Waals surface area contributed by atoms with Crippen molar-refractivity contribution in [2.24, 2.45) is 5.92 Å². The van der Waals surface area contributed by atoms with Crippen LogP contribution in [0.4, 0.5) is 0 Å². The fraction of sp³-hybridized carbons (Fsp3) is 0.565. The molecule has 28 heavy (non-hydrogen) atoms. The molecule has 1 aliphatic rings. The number of carbonyl (C=O) groups is 1. The van der Waals surface area contributed by atoms with Crippen LogP contribution in [0.25, 0.3) is 0 Å². The third-order valence-electron chi connectivity index (χ3n) is 6.04. The van der Waals surface area contributed by atoms with Crippen LogP contribution in [0.15, 0.2) is 12.1 Å². The van der Waals surface area contributed by atoms with Gasteiger partial charge in [-0.05, 0) is 77.3 Å². The number of ether oxygens (including phenoxy) is 1. The van der Waals surface area contributed by atoms with E-state index in [4.69, 9.17) is 4.74 Å². The van der Waals surface area contributed by atoms with Gasteiger partial charge in [-0.3, -0.25) is 14.4 Å². The van der Waals surface area contributed by atoms with Crippen molar-refractivity contribution in [1.82, 2.24) is 14.7 Å². The second-order valence-electron chi connectivity index (χ2n) is 8.05. The van der Waals surface area contributed by atoms with E-state index < -0.39 is 0 Å². The summed E-state index contributed by atoms with van der Waals surface area (Å²) >= 11 is 0. The van der Waals surface area contributed by atoms with Gasteiger partial charge < -0.3 is 4.74 Å². The van der Waals surface area contributed by atoms with Crippen LogP contribution in [0.3, 0.4) is 0 Å². The number of hydrogen-bond acceptors (Lipinski definition) is 4. The van der Waals surface area contributed by atoms with Crippen molar-refractivity contribution in [2.75, 3.05) is 20.2 Å². The van der Waals surface area contributed by atoms with Gasteiger partial charge in [0.25, 0.3) is 0 Å². The highest BCUT2D eigenvalue weighted by Crippen LogP contribution is 2.28. The number of ketones is 1. The Balaban J connectivity index is 1.75. The predicted octanol–water partition coefficient (Wildman–Crippen LogP) is 4.24. The van der Waals surface area contributed by atoms with Crippen LogP contribution in [0, 0.1) is 33.6 Å². The molecule has 0 N–H and O–H groups in total. The van der Waals surface area contributed by atoms with Crippen LogP contribution in [0.1, 0.15) is 58.2 Å². The van der Waals surface area contributed by atoms with Crippen molar-refractivity contribution in [2.45, 2.75) is 60.5 Å². The molecule has 1 fully saturated rings. The Hall–Kier alpha value is -2.14. The Morgan fingerprint density at radius 3 is 2.46 bits per heavy atom. The van der Waals surface area contributed by atoms with E-state index in [1.807, 2.05) is 26.0 Å². The molecule has 152 valence electrons. The molecule has 0 bridgehead atoms. The number of methoxy groups -OCH3 is 1. The van der Waals surface area contributed by atoms with E-state index in [1.165, 1.54) is 11.3 Å². The number of aromatic nitrogens is 2. The molecule has 1 unspecified atom stereocenters. The number of rotatable bonds is 6. The van der Waals surface area contributed by atoms with Crippen molar-refractivity contribution < 1.29 is 9.53 Å². The van der Waals surface area contributed by atoms with Gasteiger partial charge in [0.2, 0.25) is 0 Å². The van der Waals surface area contributed by atoms with Gasteiger partial charge in [0.1, 0.15) is 5.75 Å². The van der Waals surface area contributed by atoms with Crippen LogP contribution in [0.2, 0.25) is 0 Å². The molecule has 0 saturated carbocycles. The van der Waals surface area contributed by atoms with Gasteiger partial charge in [-0.15, -0.1) is 0 Å². The van der Waals surface area contributed by atoms with Gasteiger partial charge in [0.05, 0.1) is 12.8 Å². The highest BCUT2D eigenvalue weighted by molar-refractivity contribution is 5.98. The highest BCUT2D eigenvalue weighted by Gasteiger charge is 2.28. The fourth-order valence-electron chi connectivity index (χ4n) is 4.56. The number of likely N-dealkylation sites (tertiary alicyclic amines) is 1. The summed E-state index contributed by atoms with van der Waals surface area (Å²) in [5, 5.41) is 4.64. The molecule has 5 nitrogen and oxygen atoms in total. The summed E-state index contributed by atoms with van der Waals surface area (Å²) in [6.45, 7) is 14.0. The summed E-state index contributed by atoms with van der Waals surface area (Å²) in [5.41, 5.74) is 6.53. The van der Waals surface area contributed by atoms with Gasteiger partial charge in [-0.1, -0.05) is 0 Å². The first-order valence-electron chi connectivity index (χ1n) is 10.3. The molecule has 1 aromatic heterocycles. The largest absolute Gasteiger partial charge is 0.496 e. The lowest BCUT2D eigenvalue weighted by Crippen LogP contribution is -2.38. The molecular formula is C23H33N3O2. The van der Waals surface area contributed by atoms with Crippen LogP contribution in [-0.4, -0.2) is 40.7 Å². The molecular weight excluding hydrogens is 350 g/mol. The maximum atomic E-state index is 13.2. The van der Waals surface area contributed by atoms with E-state index in [-0.39, 0.29) is 11.7 Å². The van der Waals surface area contributed by atoms with E-state index in [0.717, 1.165) is 67.2 Å². The monoisotopic (exact) mass is 383 g/mol. The van der Waals surface area contributed by atoms with E-state index in [2.05, 4.69) is 35.5 Å². The summed E-state index contributed by atoms with van der Waals surface area (Å²) in [5.74, 6) is 1.19. The van der Waals surface area contributed by atoms with Crippen molar-refractivity contribution in [3.63, 3.8) is 0 Å². The maximum absolute atomic E-state index is 13.2. The summed E-state index contributed by atoms with van der Waals surface area (Å²) in [4.78, 5) is 15.6. The molecule has 0 amide bonds. The number of nitrogens with zero attached hydrogens (tertiary/aromatic N) is 3. The third kappa shape index (κ3) is 4.00. The van der Waals surface area contributed by atoms with Gasteiger partial charge in [0.15, 0.2) is 5.78 Å². The zero-order valence-electron chi connectivity index (χ0n) is 18.1. The smallest absolute Gasteiger partial charge is 0.167 e. The molecule has 1 aromatic carbocycles. The molecule has 0 aliphatic carbocycles. The first-order valence-corrected chi connectivity index (χ1v) is 10.3. The van der Waals surface area contributed by atoms with Gasteiger partial charge in [-0.2, -0.15) is 5.10 Å².